The van der Waals surface area contributed by atoms with E-state index in [0.717, 1.165) is 25.2 Å². The van der Waals surface area contributed by atoms with Crippen molar-refractivity contribution in [3.63, 3.8) is 0 Å². The van der Waals surface area contributed by atoms with Crippen molar-refractivity contribution in [2.45, 2.75) is 6.54 Å². The average Bonchev–Trinajstić information content (AvgIpc) is 2.13. The van der Waals surface area contributed by atoms with Crippen LogP contribution in [-0.2, 0) is 6.54 Å². The minimum Gasteiger partial charge on any atom is -0.396 e. The van der Waals surface area contributed by atoms with Crippen LogP contribution in [0.15, 0.2) is 24.3 Å². The van der Waals surface area contributed by atoms with Gasteiger partial charge in [-0.15, -0.1) is 0 Å². The topological polar surface area (TPSA) is 23.5 Å². The van der Waals surface area contributed by atoms with Crippen molar-refractivity contribution in [1.82, 2.24) is 4.90 Å². The second kappa shape index (κ2) is 4.07. The summed E-state index contributed by atoms with van der Waals surface area (Å²) < 4.78 is 12.6. The molecule has 2 rings (SSSR count). The Labute approximate surface area is 83.0 Å². The summed E-state index contributed by atoms with van der Waals surface area (Å²) in [6.07, 6.45) is 0. The second-order valence-electron chi connectivity index (χ2n) is 3.87. The molecule has 1 aliphatic heterocycles. The highest BCUT2D eigenvalue weighted by molar-refractivity contribution is 5.16. The Balaban J connectivity index is 1.84. The monoisotopic (exact) mass is 195 g/mol. The molecule has 1 fully saturated rings. The minimum atomic E-state index is -0.189. The van der Waals surface area contributed by atoms with Gasteiger partial charge in [-0.05, 0) is 17.7 Å². The normalized spacial score (nSPS) is 18.1. The van der Waals surface area contributed by atoms with Gasteiger partial charge in [0.1, 0.15) is 5.82 Å². The van der Waals surface area contributed by atoms with Crippen molar-refractivity contribution >= 4 is 0 Å². The summed E-state index contributed by atoms with van der Waals surface area (Å²) in [5.41, 5.74) is 1.13. The zero-order valence-electron chi connectivity index (χ0n) is 7.99. The Hall–Kier alpha value is -0.930. The largest absolute Gasteiger partial charge is 0.396 e. The quantitative estimate of drug-likeness (QED) is 0.784. The molecule has 1 N–H and O–H groups in total. The molecule has 0 radical (unpaired) electrons. The van der Waals surface area contributed by atoms with Crippen molar-refractivity contribution in [3.8, 4) is 0 Å². The van der Waals surface area contributed by atoms with Crippen molar-refractivity contribution in [2.24, 2.45) is 5.92 Å². The first-order valence-electron chi connectivity index (χ1n) is 4.85. The van der Waals surface area contributed by atoms with Crippen LogP contribution in [0.4, 0.5) is 4.39 Å². The van der Waals surface area contributed by atoms with Crippen LogP contribution in [-0.4, -0.2) is 29.7 Å². The van der Waals surface area contributed by atoms with Crippen LogP contribution in [0.3, 0.4) is 0 Å². The van der Waals surface area contributed by atoms with Gasteiger partial charge in [-0.25, -0.2) is 4.39 Å². The Kier molecular flexibility index (Phi) is 2.79. The summed E-state index contributed by atoms with van der Waals surface area (Å²) >= 11 is 0. The lowest BCUT2D eigenvalue weighted by Gasteiger charge is -2.38. The van der Waals surface area contributed by atoms with Gasteiger partial charge in [-0.1, -0.05) is 12.1 Å². The number of hydrogen-bond acceptors (Lipinski definition) is 2. The zero-order valence-corrected chi connectivity index (χ0v) is 7.99. The molecule has 76 valence electrons. The van der Waals surface area contributed by atoms with Crippen molar-refractivity contribution < 1.29 is 9.50 Å². The van der Waals surface area contributed by atoms with Gasteiger partial charge in [0.25, 0.3) is 0 Å². The van der Waals surface area contributed by atoms with Gasteiger partial charge in [0, 0.05) is 32.2 Å². The van der Waals surface area contributed by atoms with Crippen LogP contribution in [0.5, 0.6) is 0 Å². The molecule has 1 aromatic rings. The SMILES string of the molecule is OCC1CN(Cc2ccc(F)cc2)C1. The standard InChI is InChI=1S/C11H14FNO/c12-11-3-1-9(2-4-11)5-13-6-10(7-13)8-14/h1-4,10,14H,5-8H2. The highest BCUT2D eigenvalue weighted by atomic mass is 19.1. The Bertz CT molecular complexity index is 293. The Morgan fingerprint density at radius 3 is 2.50 bits per heavy atom. The molecular weight excluding hydrogens is 181 g/mol. The Morgan fingerprint density at radius 2 is 1.93 bits per heavy atom. The smallest absolute Gasteiger partial charge is 0.123 e. The molecule has 1 heterocycles. The lowest BCUT2D eigenvalue weighted by molar-refractivity contribution is 0.0479. The van der Waals surface area contributed by atoms with Gasteiger partial charge in [-0.3, -0.25) is 4.90 Å². The molecule has 14 heavy (non-hydrogen) atoms. The van der Waals surface area contributed by atoms with E-state index in [-0.39, 0.29) is 12.4 Å². The summed E-state index contributed by atoms with van der Waals surface area (Å²) in [7, 11) is 0. The van der Waals surface area contributed by atoms with Crippen LogP contribution < -0.4 is 0 Å². The van der Waals surface area contributed by atoms with Gasteiger partial charge in [0.2, 0.25) is 0 Å². The molecule has 2 nitrogen and oxygen atoms in total. The van der Waals surface area contributed by atoms with E-state index in [4.69, 9.17) is 5.11 Å². The molecule has 0 aromatic heterocycles. The molecule has 0 aliphatic carbocycles. The average molecular weight is 195 g/mol. The summed E-state index contributed by atoms with van der Waals surface area (Å²) in [4.78, 5) is 2.24. The molecule has 0 atom stereocenters. The predicted molar refractivity (Wildman–Crippen MR) is 52.3 cm³/mol. The predicted octanol–water partition coefficient (Wildman–Crippen LogP) is 1.25. The number of nitrogens with zero attached hydrogens (tertiary/aromatic N) is 1. The maximum atomic E-state index is 12.6. The number of rotatable bonds is 3. The van der Waals surface area contributed by atoms with Crippen molar-refractivity contribution in [3.05, 3.63) is 35.6 Å². The molecule has 1 aromatic carbocycles. The third-order valence-corrected chi connectivity index (χ3v) is 2.61. The maximum absolute atomic E-state index is 12.6. The molecule has 3 heteroatoms. The lowest BCUT2D eigenvalue weighted by atomic mass is 10.0. The number of aliphatic hydroxyl groups is 1. The van der Waals surface area contributed by atoms with E-state index in [1.54, 1.807) is 0 Å². The van der Waals surface area contributed by atoms with Gasteiger partial charge < -0.3 is 5.11 Å². The van der Waals surface area contributed by atoms with Gasteiger partial charge in [-0.2, -0.15) is 0 Å². The summed E-state index contributed by atoms with van der Waals surface area (Å²) in [6.45, 7) is 3.04. The third kappa shape index (κ3) is 2.11. The number of hydrogen-bond donors (Lipinski definition) is 1. The van der Waals surface area contributed by atoms with E-state index in [0.29, 0.717) is 5.92 Å². The first-order chi connectivity index (χ1) is 6.78. The summed E-state index contributed by atoms with van der Waals surface area (Å²) in [6, 6.07) is 6.58. The van der Waals surface area contributed by atoms with E-state index >= 15 is 0 Å². The second-order valence-corrected chi connectivity index (χ2v) is 3.87. The third-order valence-electron chi connectivity index (χ3n) is 2.61. The lowest BCUT2D eigenvalue weighted by Crippen LogP contribution is -2.47. The summed E-state index contributed by atoms with van der Waals surface area (Å²) in [5, 5.41) is 8.83. The number of halogens is 1. The first kappa shape index (κ1) is 9.62. The van der Waals surface area contributed by atoms with Gasteiger partial charge in [0.05, 0.1) is 0 Å². The van der Waals surface area contributed by atoms with Crippen LogP contribution >= 0.6 is 0 Å². The highest BCUT2D eigenvalue weighted by Crippen LogP contribution is 2.17. The number of likely N-dealkylation sites (tertiary alicyclic amines) is 1. The minimum absolute atomic E-state index is 0.189. The van der Waals surface area contributed by atoms with Crippen LogP contribution in [0.1, 0.15) is 5.56 Å². The fourth-order valence-corrected chi connectivity index (χ4v) is 1.77. The van der Waals surface area contributed by atoms with Gasteiger partial charge >= 0.3 is 0 Å². The molecule has 0 unspecified atom stereocenters. The Morgan fingerprint density at radius 1 is 1.29 bits per heavy atom. The molecule has 0 saturated carbocycles. The molecule has 1 aliphatic rings. The molecular formula is C11H14FNO. The molecule has 1 saturated heterocycles. The number of aliphatic hydroxyl groups excluding tert-OH is 1. The fourth-order valence-electron chi connectivity index (χ4n) is 1.77. The van der Waals surface area contributed by atoms with Crippen LogP contribution in [0.2, 0.25) is 0 Å². The molecule has 0 amide bonds. The van der Waals surface area contributed by atoms with E-state index in [2.05, 4.69) is 4.90 Å². The zero-order chi connectivity index (χ0) is 9.97. The highest BCUT2D eigenvalue weighted by Gasteiger charge is 2.25. The van der Waals surface area contributed by atoms with E-state index in [9.17, 15) is 4.39 Å². The van der Waals surface area contributed by atoms with E-state index < -0.39 is 0 Å². The van der Waals surface area contributed by atoms with Crippen LogP contribution in [0, 0.1) is 11.7 Å². The first-order valence-corrected chi connectivity index (χ1v) is 4.85. The molecule has 0 bridgehead atoms. The summed E-state index contributed by atoms with van der Waals surface area (Å²) in [5.74, 6) is 0.251. The van der Waals surface area contributed by atoms with Gasteiger partial charge in [0.15, 0.2) is 0 Å². The maximum Gasteiger partial charge on any atom is 0.123 e. The number of benzene rings is 1. The van der Waals surface area contributed by atoms with E-state index in [1.807, 2.05) is 12.1 Å². The van der Waals surface area contributed by atoms with Crippen LogP contribution in [0.25, 0.3) is 0 Å². The van der Waals surface area contributed by atoms with Crippen molar-refractivity contribution in [1.29, 1.82) is 0 Å². The fraction of sp³-hybridized carbons (Fsp3) is 0.455. The van der Waals surface area contributed by atoms with E-state index in [1.165, 1.54) is 12.1 Å². The van der Waals surface area contributed by atoms with Crippen molar-refractivity contribution in [2.75, 3.05) is 19.7 Å². The molecule has 0 spiro atoms.